The van der Waals surface area contributed by atoms with Crippen molar-refractivity contribution in [2.24, 2.45) is 0 Å². The molecule has 4 heterocycles. The molecule has 0 radical (unpaired) electrons. The van der Waals surface area contributed by atoms with Crippen molar-refractivity contribution in [3.63, 3.8) is 0 Å². The fraction of sp³-hybridized carbons (Fsp3) is 0.464. The molecule has 2 aliphatic heterocycles. The predicted octanol–water partition coefficient (Wildman–Crippen LogP) is 1.65. The number of carbonyl (C=O) groups is 2. The highest BCUT2D eigenvalue weighted by Gasteiger charge is 2.58. The minimum Gasteiger partial charge on any atom is -0.479 e. The minimum atomic E-state index is -2.73. The van der Waals surface area contributed by atoms with E-state index in [4.69, 9.17) is 27.5 Å². The molecule has 0 aliphatic carbocycles. The molecule has 4 N–H and O–H groups in total. The van der Waals surface area contributed by atoms with Crippen molar-refractivity contribution in [1.29, 1.82) is 0 Å². The van der Waals surface area contributed by atoms with E-state index in [1.165, 1.54) is 10.9 Å². The maximum absolute atomic E-state index is 12.2. The maximum Gasteiger partial charge on any atom is 0.348 e. The summed E-state index contributed by atoms with van der Waals surface area (Å²) in [7, 11) is 0. The number of imidazole rings is 1. The number of terminal acetylenes is 1. The number of hydrogen-bond acceptors (Lipinski definition) is 10. The Labute approximate surface area is 245 Å². The van der Waals surface area contributed by atoms with Gasteiger partial charge in [-0.2, -0.15) is 9.97 Å². The number of aliphatic hydroxyl groups is 2. The normalized spacial score (nSPS) is 24.8. The van der Waals surface area contributed by atoms with Crippen molar-refractivity contribution >= 4 is 40.5 Å². The van der Waals surface area contributed by atoms with Gasteiger partial charge in [0.05, 0.1) is 12.9 Å². The molecule has 5 rings (SSSR count). The Hall–Kier alpha value is -3.80. The summed E-state index contributed by atoms with van der Waals surface area (Å²) in [6.45, 7) is 0.735. The second-order valence-corrected chi connectivity index (χ2v) is 10.7. The van der Waals surface area contributed by atoms with Gasteiger partial charge in [0.15, 0.2) is 28.8 Å². The van der Waals surface area contributed by atoms with Crippen molar-refractivity contribution in [2.75, 3.05) is 24.6 Å². The Morgan fingerprint density at radius 2 is 1.81 bits per heavy atom. The van der Waals surface area contributed by atoms with Gasteiger partial charge in [0.1, 0.15) is 12.2 Å². The van der Waals surface area contributed by atoms with Crippen molar-refractivity contribution < 1.29 is 39.5 Å². The SMILES string of the molecule is C#C[C@@]1(O)[C@@H](COC(Cc2ccccc2)(C(=O)O)C(=O)O)O[C@@H](n2cnc3c(N4CCCCCC4)nc(Cl)nc32)[C@@H]1O. The lowest BCUT2D eigenvalue weighted by molar-refractivity contribution is -0.191. The van der Waals surface area contributed by atoms with Crippen LogP contribution in [0.1, 0.15) is 37.5 Å². The van der Waals surface area contributed by atoms with Gasteiger partial charge in [-0.1, -0.05) is 49.1 Å². The van der Waals surface area contributed by atoms with E-state index in [9.17, 15) is 30.0 Å². The number of ether oxygens (including phenoxy) is 2. The van der Waals surface area contributed by atoms with Crippen LogP contribution in [0, 0.1) is 12.3 Å². The molecule has 1 aromatic carbocycles. The second kappa shape index (κ2) is 11.8. The zero-order valence-corrected chi connectivity index (χ0v) is 23.2. The first-order chi connectivity index (χ1) is 20.1. The molecule has 2 fully saturated rings. The summed E-state index contributed by atoms with van der Waals surface area (Å²) in [5, 5.41) is 42.3. The van der Waals surface area contributed by atoms with Crippen LogP contribution in [0.4, 0.5) is 5.82 Å². The fourth-order valence-electron chi connectivity index (χ4n) is 5.40. The van der Waals surface area contributed by atoms with E-state index in [0.29, 0.717) is 16.9 Å². The third kappa shape index (κ3) is 5.28. The Bertz CT molecular complexity index is 1490. The Morgan fingerprint density at radius 1 is 1.14 bits per heavy atom. The average Bonchev–Trinajstić information content (AvgIpc) is 3.34. The van der Waals surface area contributed by atoms with Crippen LogP contribution in [0.3, 0.4) is 0 Å². The quantitative estimate of drug-likeness (QED) is 0.159. The Balaban J connectivity index is 1.45. The molecule has 3 aromatic rings. The van der Waals surface area contributed by atoms with E-state index in [-0.39, 0.29) is 10.9 Å². The molecule has 222 valence electrons. The number of aliphatic carboxylic acids is 2. The zero-order valence-electron chi connectivity index (χ0n) is 22.5. The van der Waals surface area contributed by atoms with E-state index in [0.717, 1.165) is 38.8 Å². The fourth-order valence-corrected chi connectivity index (χ4v) is 5.56. The van der Waals surface area contributed by atoms with Crippen LogP contribution in [0.2, 0.25) is 5.28 Å². The van der Waals surface area contributed by atoms with Crippen LogP contribution in [0.15, 0.2) is 36.7 Å². The first kappa shape index (κ1) is 29.7. The standard InChI is InChI=1S/C28H30ClN5O8/c1-2-27(40)18(15-41-28(24(36)37,25(38)39)14-17-10-6-5-7-11-17)42-23(20(27)35)34-16-30-19-21(31-26(29)32-22(19)34)33-12-8-3-4-9-13-33/h1,5-7,10-11,16,18,20,23,35,40H,3-4,8-9,12-15H2,(H,36,37)(H,38,39)/t18-,20+,23-,27-/m1/s1. The lowest BCUT2D eigenvalue weighted by atomic mass is 9.92. The number of fused-ring (bicyclic) bond motifs is 1. The second-order valence-electron chi connectivity index (χ2n) is 10.4. The number of carboxylic acids is 2. The summed E-state index contributed by atoms with van der Waals surface area (Å²) in [6.07, 6.45) is 5.93. The van der Waals surface area contributed by atoms with E-state index < -0.39 is 54.6 Å². The zero-order chi connectivity index (χ0) is 30.1. The van der Waals surface area contributed by atoms with Crippen molar-refractivity contribution in [2.45, 2.75) is 61.7 Å². The topological polar surface area (TPSA) is 180 Å². The van der Waals surface area contributed by atoms with Gasteiger partial charge in [-0.3, -0.25) is 4.57 Å². The number of aromatic nitrogens is 4. The molecule has 4 atom stereocenters. The van der Waals surface area contributed by atoms with E-state index in [1.807, 2.05) is 0 Å². The summed E-state index contributed by atoms with van der Waals surface area (Å²) in [6, 6.07) is 8.08. The molecule has 14 heteroatoms. The number of nitrogens with zero attached hydrogens (tertiary/aromatic N) is 5. The smallest absolute Gasteiger partial charge is 0.348 e. The number of benzene rings is 1. The minimum absolute atomic E-state index is 0.0586. The molecule has 0 amide bonds. The van der Waals surface area contributed by atoms with Gasteiger partial charge in [0.25, 0.3) is 5.60 Å². The molecule has 0 spiro atoms. The van der Waals surface area contributed by atoms with E-state index >= 15 is 0 Å². The van der Waals surface area contributed by atoms with Crippen molar-refractivity contribution in [3.8, 4) is 12.3 Å². The molecular weight excluding hydrogens is 570 g/mol. The molecule has 2 aromatic heterocycles. The highest BCUT2D eigenvalue weighted by molar-refractivity contribution is 6.28. The highest BCUT2D eigenvalue weighted by atomic mass is 35.5. The molecule has 0 unspecified atom stereocenters. The summed E-state index contributed by atoms with van der Waals surface area (Å²) >= 11 is 6.29. The monoisotopic (exact) mass is 599 g/mol. The van der Waals surface area contributed by atoms with Gasteiger partial charge in [0.2, 0.25) is 5.28 Å². The Morgan fingerprint density at radius 3 is 2.43 bits per heavy atom. The van der Waals surface area contributed by atoms with E-state index in [2.05, 4.69) is 25.8 Å². The maximum atomic E-state index is 12.2. The average molecular weight is 600 g/mol. The molecule has 2 saturated heterocycles. The predicted molar refractivity (Wildman–Crippen MR) is 149 cm³/mol. The molecule has 42 heavy (non-hydrogen) atoms. The molecular formula is C28H30ClN5O8. The lowest BCUT2D eigenvalue weighted by Gasteiger charge is -2.30. The summed E-state index contributed by atoms with van der Waals surface area (Å²) in [4.78, 5) is 39.7. The van der Waals surface area contributed by atoms with E-state index in [1.54, 1.807) is 30.3 Å². The Kier molecular flexibility index (Phi) is 8.36. The third-order valence-electron chi connectivity index (χ3n) is 7.77. The first-order valence-corrected chi connectivity index (χ1v) is 13.8. The number of rotatable bonds is 9. The molecule has 0 bridgehead atoms. The van der Waals surface area contributed by atoms with Crippen molar-refractivity contribution in [1.82, 2.24) is 19.5 Å². The van der Waals surface area contributed by atoms with Gasteiger partial charge >= 0.3 is 11.9 Å². The van der Waals surface area contributed by atoms with Crippen LogP contribution in [-0.4, -0.2) is 95.0 Å². The summed E-state index contributed by atoms with van der Waals surface area (Å²) in [5.41, 5.74) is -4.11. The first-order valence-electron chi connectivity index (χ1n) is 13.4. The van der Waals surface area contributed by atoms with Crippen LogP contribution in [0.25, 0.3) is 11.2 Å². The number of carboxylic acid groups (broad SMARTS) is 2. The molecule has 13 nitrogen and oxygen atoms in total. The molecule has 2 aliphatic rings. The van der Waals surface area contributed by atoms with Crippen LogP contribution in [0.5, 0.6) is 0 Å². The number of aliphatic hydroxyl groups excluding tert-OH is 1. The van der Waals surface area contributed by atoms with Gasteiger partial charge in [0, 0.05) is 19.5 Å². The highest BCUT2D eigenvalue weighted by Crippen LogP contribution is 2.40. The number of halogens is 1. The third-order valence-corrected chi connectivity index (χ3v) is 7.94. The summed E-state index contributed by atoms with van der Waals surface area (Å²) in [5.74, 6) is -0.879. The van der Waals surface area contributed by atoms with Gasteiger partial charge in [-0.25, -0.2) is 14.6 Å². The van der Waals surface area contributed by atoms with Gasteiger partial charge in [-0.05, 0) is 30.0 Å². The lowest BCUT2D eigenvalue weighted by Crippen LogP contribution is -2.55. The number of hydrogen-bond donors (Lipinski definition) is 4. The largest absolute Gasteiger partial charge is 0.479 e. The number of anilines is 1. The van der Waals surface area contributed by atoms with Crippen LogP contribution < -0.4 is 4.90 Å². The van der Waals surface area contributed by atoms with Crippen molar-refractivity contribution in [3.05, 3.63) is 47.5 Å². The van der Waals surface area contributed by atoms with Gasteiger partial charge in [-0.15, -0.1) is 6.42 Å². The molecule has 0 saturated carbocycles. The summed E-state index contributed by atoms with van der Waals surface area (Å²) < 4.78 is 12.8. The van der Waals surface area contributed by atoms with Crippen LogP contribution in [-0.2, 0) is 25.5 Å². The van der Waals surface area contributed by atoms with Crippen LogP contribution >= 0.6 is 11.6 Å². The van der Waals surface area contributed by atoms with Gasteiger partial charge < -0.3 is 34.8 Å².